The third-order valence-corrected chi connectivity index (χ3v) is 4.92. The lowest BCUT2D eigenvalue weighted by molar-refractivity contribution is -0.153. The minimum atomic E-state index is -4.58. The lowest BCUT2D eigenvalue weighted by Crippen LogP contribution is -2.21. The van der Waals surface area contributed by atoms with Crippen LogP contribution >= 0.6 is 27.5 Å². The molecule has 10 heteroatoms. The summed E-state index contributed by atoms with van der Waals surface area (Å²) in [6, 6.07) is 4.19. The normalized spacial score (nSPS) is 17.4. The number of rotatable bonds is 5. The number of methoxy groups -OCH3 is 1. The van der Waals surface area contributed by atoms with Gasteiger partial charge in [-0.3, -0.25) is 0 Å². The van der Waals surface area contributed by atoms with Gasteiger partial charge in [-0.05, 0) is 34.1 Å². The van der Waals surface area contributed by atoms with Gasteiger partial charge in [-0.25, -0.2) is 9.37 Å². The fourth-order valence-corrected chi connectivity index (χ4v) is 3.64. The van der Waals surface area contributed by atoms with Crippen molar-refractivity contribution in [1.29, 1.82) is 0 Å². The minimum Gasteiger partial charge on any atom is -0.481 e. The van der Waals surface area contributed by atoms with Crippen LogP contribution in [0.5, 0.6) is 5.75 Å². The van der Waals surface area contributed by atoms with E-state index in [0.29, 0.717) is 12.4 Å². The predicted molar refractivity (Wildman–Crippen MR) is 95.9 cm³/mol. The molecule has 0 bridgehead atoms. The molecule has 0 spiro atoms. The molecule has 0 aliphatic carbocycles. The molecule has 3 rings (SSSR count). The Bertz CT molecular complexity index is 850. The van der Waals surface area contributed by atoms with E-state index in [1.54, 1.807) is 6.20 Å². The number of hydrogen-bond acceptors (Lipinski definition) is 4. The van der Waals surface area contributed by atoms with Crippen LogP contribution in [0.1, 0.15) is 23.1 Å². The fourth-order valence-electron chi connectivity index (χ4n) is 3.04. The first-order valence-electron chi connectivity index (χ1n) is 7.81. The topological polar surface area (TPSA) is 43.4 Å². The first kappa shape index (κ1) is 20.2. The molecule has 27 heavy (non-hydrogen) atoms. The van der Waals surface area contributed by atoms with Gasteiger partial charge < -0.3 is 14.8 Å². The van der Waals surface area contributed by atoms with Gasteiger partial charge in [-0.15, -0.1) is 0 Å². The maximum atomic E-state index is 15.0. The molecule has 2 aromatic rings. The highest BCUT2D eigenvalue weighted by molar-refractivity contribution is 9.10. The lowest BCUT2D eigenvalue weighted by Gasteiger charge is -2.25. The molecule has 1 N–H and O–H groups in total. The van der Waals surface area contributed by atoms with Crippen molar-refractivity contribution in [2.24, 2.45) is 0 Å². The van der Waals surface area contributed by atoms with Crippen LogP contribution in [0.2, 0.25) is 5.02 Å². The van der Waals surface area contributed by atoms with Crippen LogP contribution in [0.25, 0.3) is 0 Å². The number of ether oxygens (including phenoxy) is 2. The number of nitrogens with one attached hydrogen (secondary N) is 1. The second-order valence-corrected chi connectivity index (χ2v) is 7.23. The smallest absolute Gasteiger partial charge is 0.422 e. The number of alkyl halides is 3. The van der Waals surface area contributed by atoms with Gasteiger partial charge in [-0.2, -0.15) is 13.2 Å². The number of nitrogens with zero attached hydrogens (tertiary/aromatic N) is 1. The average molecular weight is 470 g/mol. The van der Waals surface area contributed by atoms with Crippen molar-refractivity contribution in [3.05, 3.63) is 50.8 Å². The number of hydrogen-bond donors (Lipinski definition) is 1. The Hall–Kier alpha value is -1.58. The number of halogens is 6. The first-order valence-corrected chi connectivity index (χ1v) is 8.98. The number of anilines is 1. The zero-order valence-corrected chi connectivity index (χ0v) is 16.3. The van der Waals surface area contributed by atoms with Crippen molar-refractivity contribution >= 4 is 33.3 Å². The molecule has 1 aromatic heterocycles. The van der Waals surface area contributed by atoms with Gasteiger partial charge in [0.15, 0.2) is 18.2 Å². The van der Waals surface area contributed by atoms with E-state index in [1.165, 1.54) is 13.2 Å². The number of pyridine rings is 1. The number of aromatic nitrogens is 1. The summed E-state index contributed by atoms with van der Waals surface area (Å²) in [6.45, 7) is -1.20. The molecule has 1 unspecified atom stereocenters. The maximum Gasteiger partial charge on any atom is 0.422 e. The highest BCUT2D eigenvalue weighted by Crippen LogP contribution is 2.45. The molecule has 0 fully saturated rings. The van der Waals surface area contributed by atoms with E-state index in [0.717, 1.165) is 16.1 Å². The molecule has 0 radical (unpaired) electrons. The van der Waals surface area contributed by atoms with E-state index in [-0.39, 0.29) is 16.5 Å². The zero-order chi connectivity index (χ0) is 19.8. The Labute approximate surface area is 166 Å². The summed E-state index contributed by atoms with van der Waals surface area (Å²) < 4.78 is 63.0. The molecule has 0 saturated carbocycles. The SMILES string of the molecule is COC(c1c(Cl)ccc(OCC(F)(F)F)c1F)[C@H]1CNc2ncc(Br)cc21. The second-order valence-electron chi connectivity index (χ2n) is 5.91. The number of fused-ring (bicyclic) bond motifs is 1. The molecular formula is C17H14BrClF4N2O2. The van der Waals surface area contributed by atoms with Crippen LogP contribution in [0, 0.1) is 5.82 Å². The van der Waals surface area contributed by atoms with Crippen molar-refractivity contribution in [3.63, 3.8) is 0 Å². The summed E-state index contributed by atoms with van der Waals surface area (Å²) in [5, 5.41) is 3.14. The molecular weight excluding hydrogens is 456 g/mol. The van der Waals surface area contributed by atoms with Gasteiger partial charge in [0.05, 0.1) is 6.10 Å². The number of benzene rings is 1. The van der Waals surface area contributed by atoms with E-state index < -0.39 is 30.5 Å². The maximum absolute atomic E-state index is 15.0. The van der Waals surface area contributed by atoms with Crippen LogP contribution in [0.15, 0.2) is 28.9 Å². The van der Waals surface area contributed by atoms with Crippen molar-refractivity contribution in [2.45, 2.75) is 18.2 Å². The van der Waals surface area contributed by atoms with Gasteiger partial charge in [0, 0.05) is 46.4 Å². The predicted octanol–water partition coefficient (Wildman–Crippen LogP) is 5.47. The van der Waals surface area contributed by atoms with Crippen LogP contribution in [0.4, 0.5) is 23.4 Å². The summed E-state index contributed by atoms with van der Waals surface area (Å²) >= 11 is 9.50. The molecule has 0 amide bonds. The Morgan fingerprint density at radius 2 is 2.15 bits per heavy atom. The summed E-state index contributed by atoms with van der Waals surface area (Å²) in [4.78, 5) is 4.25. The highest BCUT2D eigenvalue weighted by atomic mass is 79.9. The third kappa shape index (κ3) is 4.30. The van der Waals surface area contributed by atoms with Gasteiger partial charge in [0.1, 0.15) is 5.82 Å². The standard InChI is InChI=1S/C17H14BrClF4N2O2/c1-26-15(10-6-25-16-9(10)4-8(18)5-24-16)13-11(19)2-3-12(14(13)20)27-7-17(21,22)23/h2-5,10,15H,6-7H2,1H3,(H,24,25)/t10-,15?/m0/s1. The van der Waals surface area contributed by atoms with Gasteiger partial charge in [-0.1, -0.05) is 11.6 Å². The molecule has 1 aliphatic rings. The second kappa shape index (κ2) is 7.81. The van der Waals surface area contributed by atoms with Crippen LogP contribution in [-0.4, -0.2) is 31.4 Å². The zero-order valence-electron chi connectivity index (χ0n) is 13.9. The minimum absolute atomic E-state index is 0.0371. The summed E-state index contributed by atoms with van der Waals surface area (Å²) in [5.41, 5.74) is 0.728. The quantitative estimate of drug-likeness (QED) is 0.590. The lowest BCUT2D eigenvalue weighted by atomic mass is 9.91. The van der Waals surface area contributed by atoms with E-state index in [2.05, 4.69) is 31.0 Å². The Kier molecular flexibility index (Phi) is 5.83. The van der Waals surface area contributed by atoms with E-state index >= 15 is 0 Å². The van der Waals surface area contributed by atoms with E-state index in [4.69, 9.17) is 16.3 Å². The highest BCUT2D eigenvalue weighted by Gasteiger charge is 2.36. The Balaban J connectivity index is 1.98. The molecule has 0 saturated heterocycles. The Morgan fingerprint density at radius 3 is 2.81 bits per heavy atom. The molecule has 146 valence electrons. The van der Waals surface area contributed by atoms with Crippen molar-refractivity contribution in [1.82, 2.24) is 4.98 Å². The van der Waals surface area contributed by atoms with Crippen molar-refractivity contribution in [3.8, 4) is 5.75 Å². The van der Waals surface area contributed by atoms with Crippen molar-refractivity contribution < 1.29 is 27.0 Å². The Morgan fingerprint density at radius 1 is 1.41 bits per heavy atom. The average Bonchev–Trinajstić information content (AvgIpc) is 3.00. The van der Waals surface area contributed by atoms with Crippen molar-refractivity contribution in [2.75, 3.05) is 25.6 Å². The summed E-state index contributed by atoms with van der Waals surface area (Å²) in [7, 11) is 1.38. The first-order chi connectivity index (χ1) is 12.7. The van der Waals surface area contributed by atoms with Crippen LogP contribution in [-0.2, 0) is 4.74 Å². The fraction of sp³-hybridized carbons (Fsp3) is 0.353. The molecule has 1 aliphatic heterocycles. The molecule has 2 atom stereocenters. The van der Waals surface area contributed by atoms with Gasteiger partial charge >= 0.3 is 6.18 Å². The third-order valence-electron chi connectivity index (χ3n) is 4.16. The molecule has 2 heterocycles. The van der Waals surface area contributed by atoms with Crippen LogP contribution in [0.3, 0.4) is 0 Å². The van der Waals surface area contributed by atoms with E-state index in [9.17, 15) is 17.6 Å². The van der Waals surface area contributed by atoms with Crippen LogP contribution < -0.4 is 10.1 Å². The molecule has 4 nitrogen and oxygen atoms in total. The summed E-state index contributed by atoms with van der Waals surface area (Å²) in [5.74, 6) is -1.23. The monoisotopic (exact) mass is 468 g/mol. The van der Waals surface area contributed by atoms with Gasteiger partial charge in [0.2, 0.25) is 0 Å². The van der Waals surface area contributed by atoms with Gasteiger partial charge in [0.25, 0.3) is 0 Å². The van der Waals surface area contributed by atoms with E-state index in [1.807, 2.05) is 6.07 Å². The summed E-state index contributed by atoms with van der Waals surface area (Å²) in [6.07, 6.45) is -3.81. The molecule has 1 aromatic carbocycles. The largest absolute Gasteiger partial charge is 0.481 e.